The van der Waals surface area contributed by atoms with Crippen LogP contribution in [0.5, 0.6) is 5.75 Å². The van der Waals surface area contributed by atoms with Crippen LogP contribution in [0, 0.1) is 0 Å². The number of thiazole rings is 1. The predicted molar refractivity (Wildman–Crippen MR) is 125 cm³/mol. The fourth-order valence-corrected chi connectivity index (χ4v) is 4.98. The molecule has 0 unspecified atom stereocenters. The maximum Gasteiger partial charge on any atom is 0.267 e. The van der Waals surface area contributed by atoms with E-state index in [1.165, 1.54) is 23.1 Å². The van der Waals surface area contributed by atoms with Crippen LogP contribution in [0.2, 0.25) is 0 Å². The number of rotatable bonds is 5. The topological polar surface area (TPSA) is 54.8 Å². The Morgan fingerprint density at radius 2 is 1.97 bits per heavy atom. The van der Waals surface area contributed by atoms with Crippen molar-refractivity contribution in [3.63, 3.8) is 0 Å². The van der Waals surface area contributed by atoms with Gasteiger partial charge in [0, 0.05) is 17.5 Å². The Hall–Kier alpha value is -2.90. The molecule has 1 aromatic heterocycles. The summed E-state index contributed by atoms with van der Waals surface area (Å²) in [5, 5.41) is 3.29. The molecule has 0 spiro atoms. The van der Waals surface area contributed by atoms with Crippen LogP contribution in [-0.2, 0) is 4.79 Å². The van der Waals surface area contributed by atoms with Crippen molar-refractivity contribution in [1.29, 1.82) is 0 Å². The molecule has 0 aliphatic carbocycles. The fraction of sp³-hybridized carbons (Fsp3) is 0.174. The van der Waals surface area contributed by atoms with Gasteiger partial charge in [0.1, 0.15) is 5.75 Å². The lowest BCUT2D eigenvalue weighted by Gasteiger charge is -2.11. The van der Waals surface area contributed by atoms with Crippen molar-refractivity contribution in [1.82, 2.24) is 9.88 Å². The lowest BCUT2D eigenvalue weighted by Crippen LogP contribution is -2.28. The van der Waals surface area contributed by atoms with Gasteiger partial charge in [-0.2, -0.15) is 4.99 Å². The molecule has 1 fully saturated rings. The number of hydrogen-bond donors (Lipinski definition) is 0. The van der Waals surface area contributed by atoms with Crippen molar-refractivity contribution in [2.75, 3.05) is 13.7 Å². The minimum absolute atomic E-state index is 0.0265. The van der Waals surface area contributed by atoms with Crippen LogP contribution >= 0.6 is 23.1 Å². The average Bonchev–Trinajstić information content (AvgIpc) is 3.38. The van der Waals surface area contributed by atoms with Crippen LogP contribution in [-0.4, -0.2) is 34.6 Å². The van der Waals surface area contributed by atoms with Gasteiger partial charge in [0.15, 0.2) is 5.17 Å². The van der Waals surface area contributed by atoms with Crippen molar-refractivity contribution in [3.05, 3.63) is 70.4 Å². The van der Waals surface area contributed by atoms with Crippen molar-refractivity contribution in [2.24, 2.45) is 4.99 Å². The van der Waals surface area contributed by atoms with Crippen LogP contribution in [0.3, 0.4) is 0 Å². The first-order valence-corrected chi connectivity index (χ1v) is 11.2. The van der Waals surface area contributed by atoms with Gasteiger partial charge in [-0.15, -0.1) is 11.3 Å². The molecule has 0 bridgehead atoms. The molecular weight excluding hydrogens is 414 g/mol. The Morgan fingerprint density at radius 3 is 2.70 bits per heavy atom. The van der Waals surface area contributed by atoms with Gasteiger partial charge < -0.3 is 4.74 Å². The third-order valence-electron chi connectivity index (χ3n) is 4.78. The highest BCUT2D eigenvalue weighted by Gasteiger charge is 2.34. The number of allylic oxidation sites excluding steroid dienone is 1. The summed E-state index contributed by atoms with van der Waals surface area (Å²) in [7, 11) is 1.64. The number of amides is 1. The van der Waals surface area contributed by atoms with Crippen LogP contribution in [0.1, 0.15) is 19.4 Å². The number of carbonyl (C=O) groups is 1. The van der Waals surface area contributed by atoms with E-state index in [1.807, 2.05) is 73.8 Å². The van der Waals surface area contributed by atoms with Gasteiger partial charge in [0.2, 0.25) is 5.13 Å². The Morgan fingerprint density at radius 1 is 1.17 bits per heavy atom. The zero-order chi connectivity index (χ0) is 21.1. The third-order valence-corrected chi connectivity index (χ3v) is 6.69. The van der Waals surface area contributed by atoms with E-state index in [0.717, 1.165) is 28.1 Å². The molecule has 0 atom stereocenters. The standard InChI is InChI=1S/C23H21N3O2S2/c1-4-26-21(27)20(15(2)17-11-8-12-18(13-17)28-3)30-23(26)25-22-24-19(14-29-22)16-9-6-5-7-10-16/h5-14H,4H2,1-3H3/b20-15-,25-23+. The zero-order valence-electron chi connectivity index (χ0n) is 17.0. The number of likely N-dealkylation sites (N-methyl/N-ethyl adjacent to an activating group) is 1. The van der Waals surface area contributed by atoms with Crippen LogP contribution in [0.4, 0.5) is 5.13 Å². The summed E-state index contributed by atoms with van der Waals surface area (Å²) >= 11 is 2.87. The van der Waals surface area contributed by atoms with Gasteiger partial charge in [-0.3, -0.25) is 9.69 Å². The first kappa shape index (κ1) is 20.4. The van der Waals surface area contributed by atoms with Gasteiger partial charge in [-0.1, -0.05) is 42.5 Å². The van der Waals surface area contributed by atoms with E-state index in [9.17, 15) is 4.79 Å². The lowest BCUT2D eigenvalue weighted by atomic mass is 10.1. The smallest absolute Gasteiger partial charge is 0.267 e. The number of amidine groups is 1. The van der Waals surface area contributed by atoms with E-state index in [2.05, 4.69) is 4.98 Å². The minimum atomic E-state index is -0.0265. The lowest BCUT2D eigenvalue weighted by molar-refractivity contribution is -0.122. The van der Waals surface area contributed by atoms with Crippen LogP contribution in [0.25, 0.3) is 16.8 Å². The highest BCUT2D eigenvalue weighted by Crippen LogP contribution is 2.38. The Labute approximate surface area is 184 Å². The van der Waals surface area contributed by atoms with Gasteiger partial charge in [-0.25, -0.2) is 4.98 Å². The summed E-state index contributed by atoms with van der Waals surface area (Å²) in [5.74, 6) is 0.738. The maximum absolute atomic E-state index is 13.1. The normalized spacial score (nSPS) is 17.0. The van der Waals surface area contributed by atoms with E-state index in [1.54, 1.807) is 12.0 Å². The second-order valence-corrected chi connectivity index (χ2v) is 8.43. The number of benzene rings is 2. The summed E-state index contributed by atoms with van der Waals surface area (Å²) in [4.78, 5) is 24.8. The minimum Gasteiger partial charge on any atom is -0.497 e. The summed E-state index contributed by atoms with van der Waals surface area (Å²) < 4.78 is 5.32. The SMILES string of the molecule is CCN1C(=O)/C(=C(\C)c2cccc(OC)c2)S/C1=N/c1nc(-c2ccccc2)cs1. The highest BCUT2D eigenvalue weighted by atomic mass is 32.2. The number of aliphatic imine (C=N–C) groups is 1. The third kappa shape index (κ3) is 4.04. The molecule has 3 aromatic rings. The van der Waals surface area contributed by atoms with E-state index in [0.29, 0.717) is 21.7 Å². The predicted octanol–water partition coefficient (Wildman–Crippen LogP) is 5.83. The molecule has 1 aliphatic heterocycles. The molecule has 1 amide bonds. The van der Waals surface area contributed by atoms with Crippen molar-refractivity contribution < 1.29 is 9.53 Å². The number of hydrogen-bond acceptors (Lipinski definition) is 6. The summed E-state index contributed by atoms with van der Waals surface area (Å²) in [6, 6.07) is 17.7. The monoisotopic (exact) mass is 435 g/mol. The first-order valence-electron chi connectivity index (χ1n) is 9.55. The summed E-state index contributed by atoms with van der Waals surface area (Å²) in [5.41, 5.74) is 3.82. The molecule has 4 rings (SSSR count). The molecule has 30 heavy (non-hydrogen) atoms. The molecule has 1 saturated heterocycles. The molecule has 0 N–H and O–H groups in total. The van der Waals surface area contributed by atoms with Crippen LogP contribution in [0.15, 0.2) is 69.9 Å². The van der Waals surface area contributed by atoms with Gasteiger partial charge in [0.25, 0.3) is 5.91 Å². The Balaban J connectivity index is 1.66. The summed E-state index contributed by atoms with van der Waals surface area (Å²) in [6.07, 6.45) is 0. The second kappa shape index (κ2) is 8.85. The zero-order valence-corrected chi connectivity index (χ0v) is 18.6. The number of nitrogens with zero attached hydrogens (tertiary/aromatic N) is 3. The molecule has 0 radical (unpaired) electrons. The molecule has 2 aromatic carbocycles. The average molecular weight is 436 g/mol. The number of aromatic nitrogens is 1. The Bertz CT molecular complexity index is 1140. The van der Waals surface area contributed by atoms with Gasteiger partial charge in [-0.05, 0) is 48.9 Å². The van der Waals surface area contributed by atoms with E-state index in [-0.39, 0.29) is 5.91 Å². The number of thioether (sulfide) groups is 1. The number of methoxy groups -OCH3 is 1. The Kier molecular flexibility index (Phi) is 6.01. The number of carbonyl (C=O) groups excluding carboxylic acids is 1. The molecule has 2 heterocycles. The van der Waals surface area contributed by atoms with E-state index >= 15 is 0 Å². The van der Waals surface area contributed by atoms with Gasteiger partial charge in [0.05, 0.1) is 17.7 Å². The molecule has 152 valence electrons. The second-order valence-electron chi connectivity index (χ2n) is 6.61. The van der Waals surface area contributed by atoms with Gasteiger partial charge >= 0.3 is 0 Å². The maximum atomic E-state index is 13.1. The molecular formula is C23H21N3O2S2. The largest absolute Gasteiger partial charge is 0.497 e. The first-order chi connectivity index (χ1) is 14.6. The van der Waals surface area contributed by atoms with Crippen molar-refractivity contribution >= 4 is 44.9 Å². The van der Waals surface area contributed by atoms with E-state index < -0.39 is 0 Å². The van der Waals surface area contributed by atoms with Crippen molar-refractivity contribution in [3.8, 4) is 17.0 Å². The number of ether oxygens (including phenoxy) is 1. The van der Waals surface area contributed by atoms with E-state index in [4.69, 9.17) is 9.73 Å². The molecule has 0 saturated carbocycles. The van der Waals surface area contributed by atoms with Crippen molar-refractivity contribution in [2.45, 2.75) is 13.8 Å². The highest BCUT2D eigenvalue weighted by molar-refractivity contribution is 8.18. The van der Waals surface area contributed by atoms with Crippen LogP contribution < -0.4 is 4.74 Å². The molecule has 1 aliphatic rings. The fourth-order valence-electron chi connectivity index (χ4n) is 3.12. The molecule has 7 heteroatoms. The molecule has 5 nitrogen and oxygen atoms in total. The summed E-state index contributed by atoms with van der Waals surface area (Å²) in [6.45, 7) is 4.47. The quantitative estimate of drug-likeness (QED) is 0.473.